The zero-order valence-corrected chi connectivity index (χ0v) is 20.8. The van der Waals surface area contributed by atoms with Gasteiger partial charge in [0.25, 0.3) is 0 Å². The second-order valence-electron chi connectivity index (χ2n) is 10.2. The number of likely N-dealkylation sites (N-methyl/N-ethyl adjacent to an activating group) is 1. The van der Waals surface area contributed by atoms with Gasteiger partial charge >= 0.3 is 5.97 Å². The fourth-order valence-corrected chi connectivity index (χ4v) is 5.22. The number of nitrogens with zero attached hydrogens (tertiary/aromatic N) is 2. The van der Waals surface area contributed by atoms with Gasteiger partial charge in [0.05, 0.1) is 12.1 Å². The van der Waals surface area contributed by atoms with Crippen LogP contribution in [0.2, 0.25) is 0 Å². The van der Waals surface area contributed by atoms with Crippen LogP contribution in [-0.4, -0.2) is 70.4 Å². The molecule has 2 rings (SSSR count). The first-order chi connectivity index (χ1) is 15.0. The summed E-state index contributed by atoms with van der Waals surface area (Å²) in [5.74, 6) is -0.973. The van der Waals surface area contributed by atoms with Gasteiger partial charge < -0.3 is 15.3 Å². The summed E-state index contributed by atoms with van der Waals surface area (Å²) in [6.07, 6.45) is 8.60. The molecule has 0 aromatic heterocycles. The molecule has 1 aliphatic carbocycles. The van der Waals surface area contributed by atoms with E-state index >= 15 is 0 Å². The van der Waals surface area contributed by atoms with E-state index in [0.29, 0.717) is 0 Å². The molecule has 2 N–H and O–H groups in total. The average Bonchev–Trinajstić information content (AvgIpc) is 3.28. The number of piperidine rings is 1. The predicted molar refractivity (Wildman–Crippen MR) is 126 cm³/mol. The number of carbonyl (C=O) groups is 3. The summed E-state index contributed by atoms with van der Waals surface area (Å²) in [7, 11) is 1.73. The Labute approximate surface area is 193 Å². The third-order valence-corrected chi connectivity index (χ3v) is 7.18. The summed E-state index contributed by atoms with van der Waals surface area (Å²) >= 11 is 0. The van der Waals surface area contributed by atoms with Gasteiger partial charge in [-0.25, -0.2) is 4.79 Å². The van der Waals surface area contributed by atoms with Crippen LogP contribution in [0.5, 0.6) is 0 Å². The Bertz CT molecular complexity index is 697. The van der Waals surface area contributed by atoms with Gasteiger partial charge in [0.1, 0.15) is 6.04 Å². The molecule has 1 heterocycles. The van der Waals surface area contributed by atoms with E-state index in [2.05, 4.69) is 24.1 Å². The molecule has 1 saturated heterocycles. The molecule has 0 aromatic rings. The lowest BCUT2D eigenvalue weighted by atomic mass is 9.93. The van der Waals surface area contributed by atoms with Crippen LogP contribution in [0.25, 0.3) is 0 Å². The van der Waals surface area contributed by atoms with Gasteiger partial charge in [0, 0.05) is 18.7 Å². The number of nitrogens with one attached hydrogen (secondary N) is 1. The smallest absolute Gasteiger partial charge is 0.331 e. The van der Waals surface area contributed by atoms with E-state index in [1.807, 2.05) is 13.8 Å². The highest BCUT2D eigenvalue weighted by Crippen LogP contribution is 2.30. The molecule has 0 radical (unpaired) electrons. The highest BCUT2D eigenvalue weighted by molar-refractivity contribution is 5.90. The number of likely N-dealkylation sites (tertiary alicyclic amines) is 1. The Morgan fingerprint density at radius 2 is 1.62 bits per heavy atom. The minimum absolute atomic E-state index is 0.0459. The van der Waals surface area contributed by atoms with E-state index in [0.717, 1.165) is 51.5 Å². The van der Waals surface area contributed by atoms with Gasteiger partial charge in [0.15, 0.2) is 0 Å². The lowest BCUT2D eigenvalue weighted by molar-refractivity contribution is -0.140. The zero-order valence-electron chi connectivity index (χ0n) is 20.8. The third kappa shape index (κ3) is 6.56. The van der Waals surface area contributed by atoms with Crippen LogP contribution in [0.4, 0.5) is 0 Å². The maximum atomic E-state index is 13.7. The van der Waals surface area contributed by atoms with E-state index in [1.165, 1.54) is 0 Å². The van der Waals surface area contributed by atoms with Crippen molar-refractivity contribution in [3.05, 3.63) is 11.6 Å². The van der Waals surface area contributed by atoms with E-state index in [4.69, 9.17) is 0 Å². The molecule has 2 amide bonds. The molecule has 2 aliphatic rings. The van der Waals surface area contributed by atoms with Crippen molar-refractivity contribution in [1.29, 1.82) is 0 Å². The SMILES string of the molecule is C/C(=C\[C@H](C(C)C)N(C)C(=O)[C@H](NC(=O)[C@H]1CCCCN1C(C)C)C1CCCC1)C(=O)O. The molecule has 7 heteroatoms. The Morgan fingerprint density at radius 1 is 1.03 bits per heavy atom. The molecule has 0 spiro atoms. The number of rotatable bonds is 9. The molecule has 0 bridgehead atoms. The van der Waals surface area contributed by atoms with E-state index in [-0.39, 0.29) is 47.3 Å². The number of hydrogen-bond donors (Lipinski definition) is 2. The molecule has 182 valence electrons. The monoisotopic (exact) mass is 449 g/mol. The summed E-state index contributed by atoms with van der Waals surface area (Å²) in [6.45, 7) is 10.6. The minimum atomic E-state index is -0.983. The number of hydrogen-bond acceptors (Lipinski definition) is 4. The topological polar surface area (TPSA) is 90.0 Å². The van der Waals surface area contributed by atoms with Gasteiger partial charge in [-0.1, -0.05) is 39.2 Å². The molecule has 32 heavy (non-hydrogen) atoms. The van der Waals surface area contributed by atoms with Crippen molar-refractivity contribution in [3.63, 3.8) is 0 Å². The molecule has 1 aliphatic heterocycles. The van der Waals surface area contributed by atoms with Gasteiger partial charge in [-0.05, 0) is 64.8 Å². The number of aliphatic carboxylic acids is 1. The van der Waals surface area contributed by atoms with E-state index in [1.54, 1.807) is 24.9 Å². The third-order valence-electron chi connectivity index (χ3n) is 7.18. The molecule has 7 nitrogen and oxygen atoms in total. The van der Waals surface area contributed by atoms with Crippen molar-refractivity contribution in [2.45, 2.75) is 104 Å². The van der Waals surface area contributed by atoms with Gasteiger partial charge in [-0.3, -0.25) is 14.5 Å². The van der Waals surface area contributed by atoms with Gasteiger partial charge in [-0.2, -0.15) is 0 Å². The molecular formula is C25H43N3O4. The second kappa shape index (κ2) is 11.8. The normalized spacial score (nSPS) is 22.8. The van der Waals surface area contributed by atoms with Gasteiger partial charge in [-0.15, -0.1) is 0 Å². The molecule has 3 atom stereocenters. The first kappa shape index (κ1) is 26.4. The number of carboxylic acid groups (broad SMARTS) is 1. The fourth-order valence-electron chi connectivity index (χ4n) is 5.22. The van der Waals surface area contributed by atoms with Crippen LogP contribution >= 0.6 is 0 Å². The number of amides is 2. The van der Waals surface area contributed by atoms with Gasteiger partial charge in [0.2, 0.25) is 11.8 Å². The zero-order chi connectivity index (χ0) is 24.0. The Balaban J connectivity index is 2.25. The maximum absolute atomic E-state index is 13.7. The van der Waals surface area contributed by atoms with Crippen LogP contribution in [0.1, 0.15) is 79.6 Å². The Hall–Kier alpha value is -1.89. The lowest BCUT2D eigenvalue weighted by Crippen LogP contribution is -2.59. The second-order valence-corrected chi connectivity index (χ2v) is 10.2. The molecule has 1 saturated carbocycles. The molecule has 2 fully saturated rings. The van der Waals surface area contributed by atoms with Crippen molar-refractivity contribution in [2.24, 2.45) is 11.8 Å². The van der Waals surface area contributed by atoms with E-state index < -0.39 is 12.0 Å². The molecular weight excluding hydrogens is 406 g/mol. The Morgan fingerprint density at radius 3 is 2.16 bits per heavy atom. The summed E-state index contributed by atoms with van der Waals surface area (Å²) in [5.41, 5.74) is 0.222. The van der Waals surface area contributed by atoms with Crippen molar-refractivity contribution in [3.8, 4) is 0 Å². The lowest BCUT2D eigenvalue weighted by Gasteiger charge is -2.39. The van der Waals surface area contributed by atoms with Crippen molar-refractivity contribution >= 4 is 17.8 Å². The van der Waals surface area contributed by atoms with Crippen LogP contribution in [0.3, 0.4) is 0 Å². The van der Waals surface area contributed by atoms with Crippen LogP contribution < -0.4 is 5.32 Å². The fraction of sp³-hybridized carbons (Fsp3) is 0.800. The molecule has 0 aromatic carbocycles. The standard InChI is InChI=1S/C25H43N3O4/c1-16(2)21(15-18(5)25(31)32)27(6)24(30)22(19-11-7-8-12-19)26-23(29)20-13-9-10-14-28(20)17(3)4/h15-17,19-22H,7-14H2,1-6H3,(H,26,29)(H,31,32)/b18-15+/t20-,21-,22-/m1/s1. The summed E-state index contributed by atoms with van der Waals surface area (Å²) in [4.78, 5) is 42.3. The highest BCUT2D eigenvalue weighted by Gasteiger charge is 2.39. The highest BCUT2D eigenvalue weighted by atomic mass is 16.4. The average molecular weight is 450 g/mol. The van der Waals surface area contributed by atoms with Crippen molar-refractivity contribution in [2.75, 3.05) is 13.6 Å². The minimum Gasteiger partial charge on any atom is -0.478 e. The predicted octanol–water partition coefficient (Wildman–Crippen LogP) is 3.44. The summed E-state index contributed by atoms with van der Waals surface area (Å²) in [6, 6.07) is -0.823. The summed E-state index contributed by atoms with van der Waals surface area (Å²) in [5, 5.41) is 12.5. The van der Waals surface area contributed by atoms with E-state index in [9.17, 15) is 19.5 Å². The Kier molecular flexibility index (Phi) is 9.74. The number of carbonyl (C=O) groups excluding carboxylic acids is 2. The first-order valence-corrected chi connectivity index (χ1v) is 12.3. The quantitative estimate of drug-likeness (QED) is 0.526. The largest absolute Gasteiger partial charge is 0.478 e. The van der Waals surface area contributed by atoms with Crippen molar-refractivity contribution in [1.82, 2.24) is 15.1 Å². The maximum Gasteiger partial charge on any atom is 0.331 e. The van der Waals surface area contributed by atoms with Crippen LogP contribution in [0, 0.1) is 11.8 Å². The summed E-state index contributed by atoms with van der Waals surface area (Å²) < 4.78 is 0. The van der Waals surface area contributed by atoms with Crippen LogP contribution in [-0.2, 0) is 14.4 Å². The number of carboxylic acids is 1. The van der Waals surface area contributed by atoms with Crippen LogP contribution in [0.15, 0.2) is 11.6 Å². The first-order valence-electron chi connectivity index (χ1n) is 12.3. The molecule has 0 unspecified atom stereocenters. The van der Waals surface area contributed by atoms with Crippen molar-refractivity contribution < 1.29 is 19.5 Å².